The van der Waals surface area contributed by atoms with Crippen LogP contribution in [0.4, 0.5) is 0 Å². The number of aromatic nitrogens is 1. The van der Waals surface area contributed by atoms with Crippen molar-refractivity contribution in [3.8, 4) is 0 Å². The molecular weight excluding hydrogens is 455 g/mol. The van der Waals surface area contributed by atoms with Crippen LogP contribution in [-0.2, 0) is 9.53 Å². The number of allylic oxidation sites excluding steroid dienone is 1. The van der Waals surface area contributed by atoms with E-state index < -0.39 is 12.0 Å². The number of hydrogen-bond donors (Lipinski definition) is 0. The summed E-state index contributed by atoms with van der Waals surface area (Å²) in [4.78, 5) is 31.3. The lowest BCUT2D eigenvalue weighted by atomic mass is 9.96. The second-order valence-electron chi connectivity index (χ2n) is 6.88. The fourth-order valence-electron chi connectivity index (χ4n) is 3.53. The lowest BCUT2D eigenvalue weighted by Gasteiger charge is -2.25. The van der Waals surface area contributed by atoms with Crippen LogP contribution in [0.15, 0.2) is 69.6 Å². The maximum Gasteiger partial charge on any atom is 0.338 e. The summed E-state index contributed by atoms with van der Waals surface area (Å²) in [5.74, 6) is -0.516. The van der Waals surface area contributed by atoms with Crippen molar-refractivity contribution >= 4 is 46.6 Å². The highest BCUT2D eigenvalue weighted by molar-refractivity contribution is 7.07. The molecule has 1 atom stereocenters. The lowest BCUT2D eigenvalue weighted by molar-refractivity contribution is -0.139. The molecule has 1 aliphatic rings. The minimum absolute atomic E-state index is 0.212. The number of carbonyl (C=O) groups is 1. The van der Waals surface area contributed by atoms with Gasteiger partial charge in [-0.3, -0.25) is 9.36 Å². The molecule has 0 saturated carbocycles. The Hall–Kier alpha value is -2.67. The van der Waals surface area contributed by atoms with Gasteiger partial charge < -0.3 is 4.74 Å². The second-order valence-corrected chi connectivity index (χ2v) is 8.73. The van der Waals surface area contributed by atoms with Crippen molar-refractivity contribution in [3.63, 3.8) is 0 Å². The van der Waals surface area contributed by atoms with Gasteiger partial charge in [0.15, 0.2) is 4.80 Å². The molecule has 0 aliphatic carbocycles. The smallest absolute Gasteiger partial charge is 0.338 e. The molecule has 0 saturated heterocycles. The van der Waals surface area contributed by atoms with E-state index in [2.05, 4.69) is 4.99 Å². The van der Waals surface area contributed by atoms with Gasteiger partial charge in [-0.25, -0.2) is 9.79 Å². The number of hydrogen-bond acceptors (Lipinski definition) is 5. The zero-order valence-corrected chi connectivity index (χ0v) is 19.1. The first kappa shape index (κ1) is 21.6. The minimum Gasteiger partial charge on any atom is -0.463 e. The van der Waals surface area contributed by atoms with Crippen LogP contribution in [0.2, 0.25) is 10.0 Å². The number of fused-ring (bicyclic) bond motifs is 1. The van der Waals surface area contributed by atoms with E-state index in [-0.39, 0.29) is 12.2 Å². The summed E-state index contributed by atoms with van der Waals surface area (Å²) in [6.45, 7) is 3.69. The van der Waals surface area contributed by atoms with E-state index in [4.69, 9.17) is 27.9 Å². The zero-order chi connectivity index (χ0) is 22.1. The topological polar surface area (TPSA) is 60.7 Å². The predicted octanol–water partition coefficient (Wildman–Crippen LogP) is 4.11. The summed E-state index contributed by atoms with van der Waals surface area (Å²) < 4.78 is 7.28. The molecule has 0 bridgehead atoms. The first-order valence-electron chi connectivity index (χ1n) is 9.60. The molecule has 1 aliphatic heterocycles. The SMILES string of the molecule is CCOC(=O)C1=C(C)N=c2s/c(=C/c3cccc(Cl)c3)c(=O)n2[C@H]1c1ccccc1Cl. The van der Waals surface area contributed by atoms with Gasteiger partial charge in [0.1, 0.15) is 6.04 Å². The summed E-state index contributed by atoms with van der Waals surface area (Å²) in [5.41, 5.74) is 1.98. The van der Waals surface area contributed by atoms with Gasteiger partial charge in [0.25, 0.3) is 5.56 Å². The van der Waals surface area contributed by atoms with Crippen LogP contribution in [0, 0.1) is 0 Å². The van der Waals surface area contributed by atoms with E-state index in [9.17, 15) is 9.59 Å². The fourth-order valence-corrected chi connectivity index (χ4v) is 5.01. The van der Waals surface area contributed by atoms with Gasteiger partial charge >= 0.3 is 5.97 Å². The number of thiazole rings is 1. The number of esters is 1. The van der Waals surface area contributed by atoms with Crippen molar-refractivity contribution in [2.45, 2.75) is 19.9 Å². The predicted molar refractivity (Wildman–Crippen MR) is 123 cm³/mol. The van der Waals surface area contributed by atoms with Crippen LogP contribution in [0.5, 0.6) is 0 Å². The van der Waals surface area contributed by atoms with Gasteiger partial charge in [0, 0.05) is 10.0 Å². The van der Waals surface area contributed by atoms with Gasteiger partial charge in [-0.05, 0) is 49.2 Å². The van der Waals surface area contributed by atoms with E-state index in [0.717, 1.165) is 5.56 Å². The van der Waals surface area contributed by atoms with Crippen LogP contribution in [0.25, 0.3) is 6.08 Å². The fraction of sp³-hybridized carbons (Fsp3) is 0.174. The van der Waals surface area contributed by atoms with Crippen molar-refractivity contribution in [1.82, 2.24) is 4.57 Å². The van der Waals surface area contributed by atoms with Crippen molar-refractivity contribution < 1.29 is 9.53 Å². The standard InChI is InChI=1S/C23H18Cl2N2O3S/c1-3-30-22(29)19-13(2)26-23-27(20(19)16-9-4-5-10-17(16)25)21(28)18(31-23)12-14-7-6-8-15(24)11-14/h4-12,20H,3H2,1-2H3/b18-12+/t20-/m0/s1. The van der Waals surface area contributed by atoms with Crippen LogP contribution in [0.1, 0.15) is 31.0 Å². The zero-order valence-electron chi connectivity index (χ0n) is 16.8. The quantitative estimate of drug-likeness (QED) is 0.536. The highest BCUT2D eigenvalue weighted by atomic mass is 35.5. The Balaban J connectivity index is 1.99. The van der Waals surface area contributed by atoms with Crippen LogP contribution >= 0.6 is 34.5 Å². The molecule has 0 amide bonds. The molecule has 31 heavy (non-hydrogen) atoms. The maximum absolute atomic E-state index is 13.5. The molecule has 8 heteroatoms. The normalized spacial score (nSPS) is 16.1. The number of rotatable bonds is 4. The van der Waals surface area contributed by atoms with Crippen molar-refractivity contribution in [1.29, 1.82) is 0 Å². The molecule has 1 aromatic heterocycles. The summed E-state index contributed by atoms with van der Waals surface area (Å²) in [7, 11) is 0. The second kappa shape index (κ2) is 8.83. The Kier molecular flexibility index (Phi) is 6.14. The Labute approximate surface area is 192 Å². The van der Waals surface area contributed by atoms with E-state index >= 15 is 0 Å². The molecule has 0 unspecified atom stereocenters. The Morgan fingerprint density at radius 3 is 2.71 bits per heavy atom. The lowest BCUT2D eigenvalue weighted by Crippen LogP contribution is -2.40. The van der Waals surface area contributed by atoms with Crippen molar-refractivity contribution in [2.24, 2.45) is 4.99 Å². The van der Waals surface area contributed by atoms with Crippen molar-refractivity contribution in [2.75, 3.05) is 6.61 Å². The third-order valence-corrected chi connectivity index (χ3v) is 6.43. The molecular formula is C23H18Cl2N2O3S. The van der Waals surface area contributed by atoms with Gasteiger partial charge in [-0.15, -0.1) is 0 Å². The number of nitrogens with zero attached hydrogens (tertiary/aromatic N) is 2. The molecule has 2 aromatic carbocycles. The minimum atomic E-state index is -0.731. The third kappa shape index (κ3) is 4.11. The van der Waals surface area contributed by atoms with Gasteiger partial charge in [-0.1, -0.05) is 64.9 Å². The third-order valence-electron chi connectivity index (χ3n) is 4.86. The number of carbonyl (C=O) groups excluding carboxylic acids is 1. The summed E-state index contributed by atoms with van der Waals surface area (Å²) in [6.07, 6.45) is 1.77. The van der Waals surface area contributed by atoms with Crippen LogP contribution in [-0.4, -0.2) is 17.1 Å². The van der Waals surface area contributed by atoms with Crippen molar-refractivity contribution in [3.05, 3.63) is 101 Å². The van der Waals surface area contributed by atoms with E-state index in [1.807, 2.05) is 18.2 Å². The average Bonchev–Trinajstić information content (AvgIpc) is 3.02. The monoisotopic (exact) mass is 472 g/mol. The van der Waals surface area contributed by atoms with Gasteiger partial charge in [-0.2, -0.15) is 0 Å². The Bertz CT molecular complexity index is 1390. The summed E-state index contributed by atoms with van der Waals surface area (Å²) in [6, 6.07) is 13.7. The highest BCUT2D eigenvalue weighted by Crippen LogP contribution is 2.34. The first-order chi connectivity index (χ1) is 14.9. The largest absolute Gasteiger partial charge is 0.463 e. The highest BCUT2D eigenvalue weighted by Gasteiger charge is 2.34. The molecule has 5 nitrogen and oxygen atoms in total. The number of ether oxygens (including phenoxy) is 1. The number of benzene rings is 2. The maximum atomic E-state index is 13.5. The summed E-state index contributed by atoms with van der Waals surface area (Å²) >= 11 is 13.8. The van der Waals surface area contributed by atoms with Gasteiger partial charge in [0.2, 0.25) is 0 Å². The summed E-state index contributed by atoms with van der Waals surface area (Å²) in [5, 5.41) is 1.03. The molecule has 0 fully saturated rings. The van der Waals surface area contributed by atoms with Gasteiger partial charge in [0.05, 0.1) is 22.4 Å². The molecule has 3 aromatic rings. The molecule has 0 radical (unpaired) electrons. The number of halogens is 2. The van der Waals surface area contributed by atoms with E-state index in [1.165, 1.54) is 15.9 Å². The molecule has 2 heterocycles. The first-order valence-corrected chi connectivity index (χ1v) is 11.2. The molecule has 0 N–H and O–H groups in total. The molecule has 4 rings (SSSR count). The van der Waals surface area contributed by atoms with E-state index in [0.29, 0.717) is 36.2 Å². The Morgan fingerprint density at radius 2 is 2.00 bits per heavy atom. The van der Waals surface area contributed by atoms with E-state index in [1.54, 1.807) is 50.3 Å². The average molecular weight is 473 g/mol. The van der Waals surface area contributed by atoms with Crippen LogP contribution in [0.3, 0.4) is 0 Å². The molecule has 0 spiro atoms. The Morgan fingerprint density at radius 1 is 1.23 bits per heavy atom. The van der Waals surface area contributed by atoms with Crippen LogP contribution < -0.4 is 14.9 Å². The molecule has 158 valence electrons.